The van der Waals surface area contributed by atoms with Crippen molar-refractivity contribution in [2.45, 2.75) is 167 Å². The van der Waals surface area contributed by atoms with Gasteiger partial charge in [0.1, 0.15) is 12.7 Å². The molecule has 0 bridgehead atoms. The van der Waals surface area contributed by atoms with Gasteiger partial charge in [0.2, 0.25) is 0 Å². The van der Waals surface area contributed by atoms with Crippen LogP contribution in [-0.4, -0.2) is 76.9 Å². The Balaban J connectivity index is 4.51. The Bertz CT molecular complexity index is 1180. The standard InChI is InChI=1S/C44H75O11P/c1-3-5-7-9-11-12-13-14-15-16-17-18-22-26-30-34-43(48)52-38-42(39-54-56(50,51)53-37-41(47)36-45)55-44(49)35-31-27-23-20-19-21-25-29-33-40(46)32-28-24-10-8-6-4-2/h6,8,14-15,20-21,23-25,28-29,33,40-42,45-47H,3-5,7,9-13,16-19,22,26-27,30-32,34-39H2,1-2H3,(H,50,51)/b8-6-,15-14-,23-20-,25-21-,28-24-,33-29+/t40?,41-,42+/m0/s1. The fourth-order valence-corrected chi connectivity index (χ4v) is 5.95. The molecule has 0 spiro atoms. The zero-order chi connectivity index (χ0) is 41.4. The number of hydrogen-bond acceptors (Lipinski definition) is 10. The van der Waals surface area contributed by atoms with Crippen molar-refractivity contribution in [2.75, 3.05) is 26.4 Å². The van der Waals surface area contributed by atoms with Crippen LogP contribution in [0.1, 0.15) is 149 Å². The number of esters is 2. The maximum absolute atomic E-state index is 12.6. The highest BCUT2D eigenvalue weighted by Gasteiger charge is 2.27. The lowest BCUT2D eigenvalue weighted by Crippen LogP contribution is -2.29. The highest BCUT2D eigenvalue weighted by atomic mass is 31.2. The molecule has 0 saturated carbocycles. The topological polar surface area (TPSA) is 169 Å². The van der Waals surface area contributed by atoms with Crippen molar-refractivity contribution < 1.29 is 52.9 Å². The molecule has 0 saturated heterocycles. The van der Waals surface area contributed by atoms with Crippen molar-refractivity contribution in [3.63, 3.8) is 0 Å². The number of phosphoric ester groups is 1. The van der Waals surface area contributed by atoms with E-state index in [9.17, 15) is 29.3 Å². The number of aliphatic hydroxyl groups is 3. The Labute approximate surface area is 338 Å². The molecule has 0 aromatic carbocycles. The largest absolute Gasteiger partial charge is 0.472 e. The lowest BCUT2D eigenvalue weighted by Gasteiger charge is -2.20. The summed E-state index contributed by atoms with van der Waals surface area (Å²) >= 11 is 0. The van der Waals surface area contributed by atoms with Crippen LogP contribution in [-0.2, 0) is 32.7 Å². The maximum Gasteiger partial charge on any atom is 0.472 e. The minimum atomic E-state index is -4.65. The van der Waals surface area contributed by atoms with Crippen LogP contribution in [0.3, 0.4) is 0 Å². The minimum absolute atomic E-state index is 0.0689. The number of hydrogen-bond donors (Lipinski definition) is 4. The van der Waals surface area contributed by atoms with E-state index in [0.717, 1.165) is 51.4 Å². The molecule has 0 aliphatic rings. The average Bonchev–Trinajstić information content (AvgIpc) is 3.18. The number of rotatable bonds is 38. The molecule has 0 amide bonds. The van der Waals surface area contributed by atoms with E-state index in [-0.39, 0.29) is 19.4 Å². The highest BCUT2D eigenvalue weighted by molar-refractivity contribution is 7.47. The fraction of sp³-hybridized carbons (Fsp3) is 0.682. The van der Waals surface area contributed by atoms with Gasteiger partial charge in [-0.1, -0.05) is 138 Å². The second-order valence-corrected chi connectivity index (χ2v) is 15.3. The van der Waals surface area contributed by atoms with E-state index < -0.39 is 57.9 Å². The third kappa shape index (κ3) is 38.3. The zero-order valence-corrected chi connectivity index (χ0v) is 35.3. The first-order valence-corrected chi connectivity index (χ1v) is 22.5. The second-order valence-electron chi connectivity index (χ2n) is 13.8. The van der Waals surface area contributed by atoms with Crippen molar-refractivity contribution in [2.24, 2.45) is 0 Å². The summed E-state index contributed by atoms with van der Waals surface area (Å²) in [6.07, 6.45) is 40.5. The summed E-state index contributed by atoms with van der Waals surface area (Å²) in [5, 5.41) is 28.3. The van der Waals surface area contributed by atoms with E-state index in [1.54, 1.807) is 6.08 Å². The summed E-state index contributed by atoms with van der Waals surface area (Å²) in [6.45, 7) is 2.07. The van der Waals surface area contributed by atoms with Gasteiger partial charge >= 0.3 is 19.8 Å². The predicted molar refractivity (Wildman–Crippen MR) is 225 cm³/mol. The molecule has 4 atom stereocenters. The fourth-order valence-electron chi connectivity index (χ4n) is 5.16. The molecule has 2 unspecified atom stereocenters. The van der Waals surface area contributed by atoms with Crippen LogP contribution >= 0.6 is 7.82 Å². The molecule has 0 rings (SSSR count). The van der Waals surface area contributed by atoms with Gasteiger partial charge in [-0.2, -0.15) is 0 Å². The summed E-state index contributed by atoms with van der Waals surface area (Å²) in [6, 6.07) is 0. The van der Waals surface area contributed by atoms with Crippen molar-refractivity contribution >= 4 is 19.8 Å². The maximum atomic E-state index is 12.6. The molecular weight excluding hydrogens is 735 g/mol. The van der Waals surface area contributed by atoms with Crippen LogP contribution in [0.15, 0.2) is 72.9 Å². The number of aliphatic hydroxyl groups excluding tert-OH is 3. The van der Waals surface area contributed by atoms with Crippen molar-refractivity contribution in [1.82, 2.24) is 0 Å². The zero-order valence-electron chi connectivity index (χ0n) is 34.4. The van der Waals surface area contributed by atoms with E-state index in [4.69, 9.17) is 19.1 Å². The first-order chi connectivity index (χ1) is 27.1. The third-order valence-electron chi connectivity index (χ3n) is 8.43. The van der Waals surface area contributed by atoms with Gasteiger partial charge in [0.05, 0.1) is 25.9 Å². The smallest absolute Gasteiger partial charge is 0.462 e. The molecule has 322 valence electrons. The Kier molecular flexibility index (Phi) is 37.4. The van der Waals surface area contributed by atoms with Crippen LogP contribution in [0.25, 0.3) is 0 Å². The molecule has 0 radical (unpaired) electrons. The van der Waals surface area contributed by atoms with Crippen LogP contribution in [0, 0.1) is 0 Å². The molecule has 12 heteroatoms. The molecule has 4 N–H and O–H groups in total. The Hall–Kier alpha value is -2.63. The number of carbonyl (C=O) groups excluding carboxylic acids is 2. The molecule has 11 nitrogen and oxygen atoms in total. The van der Waals surface area contributed by atoms with Gasteiger partial charge < -0.3 is 29.7 Å². The third-order valence-corrected chi connectivity index (χ3v) is 9.38. The highest BCUT2D eigenvalue weighted by Crippen LogP contribution is 2.43. The SMILES string of the molecule is CC/C=C\C/C=C\CC(O)/C=C/C=C\C/C=C\CCCC(=O)O[C@H](COC(=O)CCCCCCC/C=C\CCCCCCCC)COP(=O)(O)OC[C@@H](O)CO. The molecule has 0 aliphatic heterocycles. The number of unbranched alkanes of at least 4 members (excludes halogenated alkanes) is 12. The number of ether oxygens (including phenoxy) is 2. The Morgan fingerprint density at radius 3 is 1.89 bits per heavy atom. The van der Waals surface area contributed by atoms with E-state index in [1.165, 1.54) is 38.5 Å². The summed E-state index contributed by atoms with van der Waals surface area (Å²) in [7, 11) is -4.65. The number of allylic oxidation sites excluding steroid dienone is 10. The van der Waals surface area contributed by atoms with Gasteiger partial charge in [-0.05, 0) is 70.6 Å². The molecular formula is C44H75O11P. The Morgan fingerprint density at radius 1 is 0.625 bits per heavy atom. The van der Waals surface area contributed by atoms with Gasteiger partial charge in [-0.15, -0.1) is 0 Å². The van der Waals surface area contributed by atoms with Crippen LogP contribution in [0.4, 0.5) is 0 Å². The molecule has 0 fully saturated rings. The molecule has 0 aliphatic carbocycles. The summed E-state index contributed by atoms with van der Waals surface area (Å²) < 4.78 is 32.6. The van der Waals surface area contributed by atoms with Crippen LogP contribution < -0.4 is 0 Å². The van der Waals surface area contributed by atoms with Gasteiger partial charge in [0, 0.05) is 12.8 Å². The predicted octanol–water partition coefficient (Wildman–Crippen LogP) is 9.86. The van der Waals surface area contributed by atoms with Gasteiger partial charge in [0.25, 0.3) is 0 Å². The lowest BCUT2D eigenvalue weighted by atomic mass is 10.1. The first kappa shape index (κ1) is 53.4. The van der Waals surface area contributed by atoms with Crippen molar-refractivity contribution in [3.8, 4) is 0 Å². The van der Waals surface area contributed by atoms with E-state index in [0.29, 0.717) is 32.1 Å². The van der Waals surface area contributed by atoms with E-state index in [1.807, 2.05) is 42.5 Å². The van der Waals surface area contributed by atoms with Gasteiger partial charge in [-0.25, -0.2) is 4.57 Å². The quantitative estimate of drug-likeness (QED) is 0.0154. The molecule has 0 aromatic heterocycles. The van der Waals surface area contributed by atoms with Gasteiger partial charge in [0.15, 0.2) is 6.10 Å². The number of phosphoric acid groups is 1. The second kappa shape index (κ2) is 39.2. The Morgan fingerprint density at radius 2 is 1.20 bits per heavy atom. The summed E-state index contributed by atoms with van der Waals surface area (Å²) in [5.74, 6) is -1.05. The van der Waals surface area contributed by atoms with E-state index in [2.05, 4.69) is 42.7 Å². The summed E-state index contributed by atoms with van der Waals surface area (Å²) in [4.78, 5) is 34.9. The van der Waals surface area contributed by atoms with Crippen LogP contribution in [0.5, 0.6) is 0 Å². The number of carbonyl (C=O) groups is 2. The van der Waals surface area contributed by atoms with Crippen molar-refractivity contribution in [1.29, 1.82) is 0 Å². The molecule has 56 heavy (non-hydrogen) atoms. The average molecular weight is 811 g/mol. The first-order valence-electron chi connectivity index (χ1n) is 21.0. The minimum Gasteiger partial charge on any atom is -0.462 e. The molecule has 0 aromatic rings. The van der Waals surface area contributed by atoms with Crippen molar-refractivity contribution in [3.05, 3.63) is 72.9 Å². The van der Waals surface area contributed by atoms with E-state index >= 15 is 0 Å². The lowest BCUT2D eigenvalue weighted by molar-refractivity contribution is -0.161. The molecule has 0 heterocycles. The normalized spacial score (nSPS) is 15.2. The van der Waals surface area contributed by atoms with Gasteiger partial charge in [-0.3, -0.25) is 18.6 Å². The van der Waals surface area contributed by atoms with Crippen LogP contribution in [0.2, 0.25) is 0 Å². The summed E-state index contributed by atoms with van der Waals surface area (Å²) in [5.41, 5.74) is 0. The monoisotopic (exact) mass is 811 g/mol.